The van der Waals surface area contributed by atoms with E-state index in [0.29, 0.717) is 0 Å². The van der Waals surface area contributed by atoms with Gasteiger partial charge in [-0.2, -0.15) is 0 Å². The van der Waals surface area contributed by atoms with E-state index < -0.39 is 0 Å². The first-order valence-corrected chi connectivity index (χ1v) is 29.0. The maximum absolute atomic E-state index is 6.96. The highest BCUT2D eigenvalue weighted by Gasteiger charge is 2.24. The topological polar surface area (TPSA) is 26.3 Å². The molecule has 0 unspecified atom stereocenters. The Balaban J connectivity index is 0.832. The van der Waals surface area contributed by atoms with Crippen molar-refractivity contribution >= 4 is 119 Å². The maximum atomic E-state index is 6.96. The van der Waals surface area contributed by atoms with Gasteiger partial charge >= 0.3 is 0 Å². The fourth-order valence-corrected chi connectivity index (χ4v) is 14.2. The molecule has 0 saturated heterocycles. The number of furan rings is 2. The van der Waals surface area contributed by atoms with E-state index in [1.807, 2.05) is 0 Å². The van der Waals surface area contributed by atoms with E-state index in [-0.39, 0.29) is 0 Å². The molecule has 0 N–H and O–H groups in total. The van der Waals surface area contributed by atoms with Crippen molar-refractivity contribution in [2.45, 2.75) is 0 Å². The van der Waals surface area contributed by atoms with Gasteiger partial charge in [0.2, 0.25) is 0 Å². The largest absolute Gasteiger partial charge is 0.456 e. The minimum atomic E-state index is 0.867. The Morgan fingerprint density at radius 2 is 0.560 bits per heavy atom. The number of fused-ring (bicyclic) bond motifs is 13. The average molecular weight is 1070 g/mol. The van der Waals surface area contributed by atoms with Crippen LogP contribution in [-0.4, -0.2) is 0 Å². The summed E-state index contributed by atoms with van der Waals surface area (Å²) in [5.41, 5.74) is 17.8. The molecule has 0 aliphatic rings. The number of benzene rings is 16. The normalized spacial score (nSPS) is 12.0. The van der Waals surface area contributed by atoms with Crippen molar-refractivity contribution in [3.8, 4) is 66.8 Å². The molecular formula is C82H48O2. The van der Waals surface area contributed by atoms with Crippen molar-refractivity contribution in [1.82, 2.24) is 0 Å². The van der Waals surface area contributed by atoms with Gasteiger partial charge in [-0.1, -0.05) is 243 Å². The van der Waals surface area contributed by atoms with E-state index in [4.69, 9.17) is 8.83 Å². The van der Waals surface area contributed by atoms with Crippen molar-refractivity contribution in [2.75, 3.05) is 0 Å². The van der Waals surface area contributed by atoms with Gasteiger partial charge in [0.05, 0.1) is 0 Å². The predicted octanol–water partition coefficient (Wildman–Crippen LogP) is 23.6. The van der Waals surface area contributed by atoms with Crippen LogP contribution in [0.5, 0.6) is 0 Å². The highest BCUT2D eigenvalue weighted by molar-refractivity contribution is 6.29. The Morgan fingerprint density at radius 3 is 1.18 bits per heavy atom. The molecule has 0 radical (unpaired) electrons. The first-order chi connectivity index (χ1) is 41.6. The molecule has 2 heterocycles. The predicted molar refractivity (Wildman–Crippen MR) is 356 cm³/mol. The van der Waals surface area contributed by atoms with Crippen molar-refractivity contribution in [3.63, 3.8) is 0 Å². The maximum Gasteiger partial charge on any atom is 0.136 e. The van der Waals surface area contributed by atoms with Gasteiger partial charge in [0.15, 0.2) is 0 Å². The van der Waals surface area contributed by atoms with E-state index in [0.717, 1.165) is 82.3 Å². The lowest BCUT2D eigenvalue weighted by molar-refractivity contribution is 0.669. The third-order valence-corrected chi connectivity index (χ3v) is 18.0. The van der Waals surface area contributed by atoms with Crippen LogP contribution in [0.1, 0.15) is 0 Å². The summed E-state index contributed by atoms with van der Waals surface area (Å²) < 4.78 is 13.7. The van der Waals surface area contributed by atoms with Crippen molar-refractivity contribution in [2.24, 2.45) is 0 Å². The summed E-state index contributed by atoms with van der Waals surface area (Å²) in [6, 6.07) is 107. The van der Waals surface area contributed by atoms with Gasteiger partial charge in [0, 0.05) is 21.5 Å². The van der Waals surface area contributed by atoms with Gasteiger partial charge in [-0.05, 0) is 191 Å². The summed E-state index contributed by atoms with van der Waals surface area (Å²) in [6.45, 7) is 0. The van der Waals surface area contributed by atoms with E-state index in [9.17, 15) is 0 Å². The third-order valence-electron chi connectivity index (χ3n) is 18.0. The van der Waals surface area contributed by atoms with Crippen LogP contribution in [0.15, 0.2) is 300 Å². The molecule has 18 rings (SSSR count). The monoisotopic (exact) mass is 1060 g/mol. The molecule has 0 spiro atoms. The quantitative estimate of drug-likeness (QED) is 0.155. The second-order valence-corrected chi connectivity index (χ2v) is 22.5. The Bertz CT molecular complexity index is 5720. The Labute approximate surface area is 483 Å². The molecule has 0 amide bonds. The fourth-order valence-electron chi connectivity index (χ4n) is 14.2. The van der Waals surface area contributed by atoms with Crippen LogP contribution >= 0.6 is 0 Å². The molecule has 18 aromatic rings. The lowest BCUT2D eigenvalue weighted by atomic mass is 9.83. The second kappa shape index (κ2) is 18.2. The molecule has 2 nitrogen and oxygen atoms in total. The fraction of sp³-hybridized carbons (Fsp3) is 0. The molecule has 388 valence electrons. The molecule has 0 atom stereocenters. The molecule has 16 aromatic carbocycles. The zero-order valence-electron chi connectivity index (χ0n) is 45.5. The van der Waals surface area contributed by atoms with Crippen LogP contribution in [0.4, 0.5) is 0 Å². The van der Waals surface area contributed by atoms with E-state index in [1.54, 1.807) is 0 Å². The van der Waals surface area contributed by atoms with Crippen LogP contribution in [0, 0.1) is 0 Å². The zero-order valence-corrected chi connectivity index (χ0v) is 45.5. The third kappa shape index (κ3) is 7.04. The lowest BCUT2D eigenvalue weighted by Crippen LogP contribution is -1.92. The molecule has 0 fully saturated rings. The summed E-state index contributed by atoms with van der Waals surface area (Å²) in [7, 11) is 0. The van der Waals surface area contributed by atoms with E-state index >= 15 is 0 Å². The van der Waals surface area contributed by atoms with E-state index in [1.165, 1.54) is 104 Å². The Hall–Kier alpha value is -11.1. The second-order valence-electron chi connectivity index (χ2n) is 22.5. The number of rotatable bonds is 6. The SMILES string of the molecule is c1ccc(-c2ccc(-c3c4ccccc4c(-c4cccc5oc6cc7ccccc7cc6c45)c4cc(-c5ccc6cc7c(cc6c5)oc5cccc(-c6c8ccccc8c(-c8cccc9ccccc89)c8ccccc68)c57)ccc34)cc2)cc1. The van der Waals surface area contributed by atoms with Gasteiger partial charge in [0.1, 0.15) is 22.3 Å². The molecule has 2 heteroatoms. The van der Waals surface area contributed by atoms with Crippen molar-refractivity contribution in [1.29, 1.82) is 0 Å². The Kier molecular flexibility index (Phi) is 10.1. The summed E-state index contributed by atoms with van der Waals surface area (Å²) >= 11 is 0. The van der Waals surface area contributed by atoms with Gasteiger partial charge in [0.25, 0.3) is 0 Å². The highest BCUT2D eigenvalue weighted by Crippen LogP contribution is 2.51. The highest BCUT2D eigenvalue weighted by atomic mass is 16.3. The van der Waals surface area contributed by atoms with Crippen LogP contribution < -0.4 is 0 Å². The molecule has 0 bridgehead atoms. The molecular weight excluding hydrogens is 1020 g/mol. The van der Waals surface area contributed by atoms with Gasteiger partial charge in [-0.25, -0.2) is 0 Å². The first kappa shape index (κ1) is 46.7. The average Bonchev–Trinajstić information content (AvgIpc) is 1.80. The minimum Gasteiger partial charge on any atom is -0.456 e. The standard InChI is InChI=1S/C82H48O2/c1-2-17-49(18-3-1)50-35-37-52(38-36-50)77-61-24-8-9-25-62(61)80(69-32-16-34-74-82(69)71-45-53-20-4-5-21-54(53)47-75(71)83-74)70-44-56(41-42-67(70)77)55-39-40-57-46-72-76(48-58(57)43-55)84-73-33-15-31-68(81(72)73)79-65-28-12-10-26-63(65)78(64-27-11-13-29-66(64)79)60-30-14-22-51-19-6-7-23-59(51)60/h1-48H. The summed E-state index contributed by atoms with van der Waals surface area (Å²) in [5, 5.41) is 21.3. The van der Waals surface area contributed by atoms with Crippen LogP contribution in [-0.2, 0) is 0 Å². The minimum absolute atomic E-state index is 0.867. The number of hydrogen-bond acceptors (Lipinski definition) is 2. The summed E-state index contributed by atoms with van der Waals surface area (Å²) in [4.78, 5) is 0. The molecule has 0 aliphatic heterocycles. The summed E-state index contributed by atoms with van der Waals surface area (Å²) in [5.74, 6) is 0. The van der Waals surface area contributed by atoms with Gasteiger partial charge in [-0.15, -0.1) is 0 Å². The van der Waals surface area contributed by atoms with Crippen LogP contribution in [0.2, 0.25) is 0 Å². The Morgan fingerprint density at radius 1 is 0.167 bits per heavy atom. The zero-order chi connectivity index (χ0) is 55.0. The van der Waals surface area contributed by atoms with Crippen LogP contribution in [0.25, 0.3) is 186 Å². The van der Waals surface area contributed by atoms with Gasteiger partial charge in [-0.3, -0.25) is 0 Å². The smallest absolute Gasteiger partial charge is 0.136 e. The summed E-state index contributed by atoms with van der Waals surface area (Å²) in [6.07, 6.45) is 0. The van der Waals surface area contributed by atoms with E-state index in [2.05, 4.69) is 291 Å². The molecule has 2 aromatic heterocycles. The van der Waals surface area contributed by atoms with Crippen molar-refractivity contribution < 1.29 is 8.83 Å². The van der Waals surface area contributed by atoms with Crippen LogP contribution in [0.3, 0.4) is 0 Å². The number of hydrogen-bond donors (Lipinski definition) is 0. The molecule has 84 heavy (non-hydrogen) atoms. The first-order valence-electron chi connectivity index (χ1n) is 29.0. The lowest BCUT2D eigenvalue weighted by Gasteiger charge is -2.19. The van der Waals surface area contributed by atoms with Crippen molar-refractivity contribution in [3.05, 3.63) is 291 Å². The van der Waals surface area contributed by atoms with Gasteiger partial charge < -0.3 is 8.83 Å². The molecule has 0 aliphatic carbocycles. The molecule has 0 saturated carbocycles.